The van der Waals surface area contributed by atoms with Crippen molar-refractivity contribution in [2.45, 2.75) is 12.8 Å². The van der Waals surface area contributed by atoms with E-state index in [4.69, 9.17) is 4.98 Å². The SMILES string of the molecule is COC(=O)CCNC(=O)c1ccc2c(c1)nc(CCN1CCNCC1)n2C. The molecule has 1 aromatic carbocycles. The van der Waals surface area contributed by atoms with Crippen molar-refractivity contribution in [2.24, 2.45) is 7.05 Å². The minimum atomic E-state index is -0.343. The third-order valence-corrected chi connectivity index (χ3v) is 4.94. The zero-order valence-electron chi connectivity index (χ0n) is 16.0. The van der Waals surface area contributed by atoms with E-state index in [0.717, 1.165) is 56.0 Å². The largest absolute Gasteiger partial charge is 0.469 e. The maximum Gasteiger partial charge on any atom is 0.307 e. The molecule has 8 nitrogen and oxygen atoms in total. The number of nitrogens with zero attached hydrogens (tertiary/aromatic N) is 3. The molecule has 1 aliphatic rings. The summed E-state index contributed by atoms with van der Waals surface area (Å²) in [7, 11) is 3.34. The number of fused-ring (bicyclic) bond motifs is 1. The van der Waals surface area contributed by atoms with Crippen molar-refractivity contribution in [1.29, 1.82) is 0 Å². The Hall–Kier alpha value is -2.45. The summed E-state index contributed by atoms with van der Waals surface area (Å²) in [6.45, 7) is 5.45. The summed E-state index contributed by atoms with van der Waals surface area (Å²) in [5.41, 5.74) is 2.36. The summed E-state index contributed by atoms with van der Waals surface area (Å²) in [6, 6.07) is 5.51. The number of hydrogen-bond acceptors (Lipinski definition) is 6. The predicted octanol–water partition coefficient (Wildman–Crippen LogP) is 0.314. The van der Waals surface area contributed by atoms with Crippen LogP contribution in [-0.2, 0) is 23.0 Å². The Bertz CT molecular complexity index is 811. The number of ether oxygens (including phenoxy) is 1. The van der Waals surface area contributed by atoms with E-state index < -0.39 is 0 Å². The van der Waals surface area contributed by atoms with Crippen LogP contribution in [-0.4, -0.2) is 72.7 Å². The van der Waals surface area contributed by atoms with Gasteiger partial charge >= 0.3 is 5.97 Å². The van der Waals surface area contributed by atoms with Crippen molar-refractivity contribution in [3.63, 3.8) is 0 Å². The number of aromatic nitrogens is 2. The van der Waals surface area contributed by atoms with Crippen LogP contribution in [0, 0.1) is 0 Å². The van der Waals surface area contributed by atoms with Gasteiger partial charge in [0.1, 0.15) is 5.82 Å². The number of aryl methyl sites for hydroxylation is 1. The van der Waals surface area contributed by atoms with Gasteiger partial charge in [-0.1, -0.05) is 0 Å². The molecular weight excluding hydrogens is 346 g/mol. The molecule has 1 amide bonds. The highest BCUT2D eigenvalue weighted by Gasteiger charge is 2.14. The lowest BCUT2D eigenvalue weighted by atomic mass is 10.2. The predicted molar refractivity (Wildman–Crippen MR) is 103 cm³/mol. The Morgan fingerprint density at radius 2 is 2.07 bits per heavy atom. The highest BCUT2D eigenvalue weighted by Crippen LogP contribution is 2.17. The Morgan fingerprint density at radius 1 is 1.30 bits per heavy atom. The van der Waals surface area contributed by atoms with Crippen LogP contribution < -0.4 is 10.6 Å². The Kier molecular flexibility index (Phi) is 6.41. The number of piperazine rings is 1. The molecule has 2 N–H and O–H groups in total. The van der Waals surface area contributed by atoms with Gasteiger partial charge in [0.15, 0.2) is 0 Å². The number of amides is 1. The average Bonchev–Trinajstić information content (AvgIpc) is 3.02. The maximum absolute atomic E-state index is 12.3. The minimum Gasteiger partial charge on any atom is -0.469 e. The highest BCUT2D eigenvalue weighted by atomic mass is 16.5. The molecule has 1 saturated heterocycles. The summed E-state index contributed by atoms with van der Waals surface area (Å²) in [4.78, 5) is 30.6. The van der Waals surface area contributed by atoms with E-state index in [2.05, 4.69) is 24.8 Å². The molecule has 8 heteroatoms. The van der Waals surface area contributed by atoms with E-state index in [1.54, 1.807) is 12.1 Å². The van der Waals surface area contributed by atoms with Gasteiger partial charge in [0.25, 0.3) is 5.91 Å². The first-order valence-corrected chi connectivity index (χ1v) is 9.32. The minimum absolute atomic E-state index is 0.157. The maximum atomic E-state index is 12.3. The summed E-state index contributed by atoms with van der Waals surface area (Å²) in [5.74, 6) is 0.463. The van der Waals surface area contributed by atoms with Gasteiger partial charge in [-0.3, -0.25) is 9.59 Å². The molecule has 27 heavy (non-hydrogen) atoms. The molecule has 0 aliphatic carbocycles. The number of nitrogens with one attached hydrogen (secondary N) is 2. The number of imidazole rings is 1. The fourth-order valence-electron chi connectivity index (χ4n) is 3.29. The summed E-state index contributed by atoms with van der Waals surface area (Å²) in [5, 5.41) is 6.09. The van der Waals surface area contributed by atoms with Crippen molar-refractivity contribution >= 4 is 22.9 Å². The van der Waals surface area contributed by atoms with E-state index in [1.165, 1.54) is 7.11 Å². The van der Waals surface area contributed by atoms with Gasteiger partial charge in [0, 0.05) is 58.3 Å². The van der Waals surface area contributed by atoms with Crippen LogP contribution in [0.25, 0.3) is 11.0 Å². The molecule has 0 bridgehead atoms. The van der Waals surface area contributed by atoms with Crippen LogP contribution >= 0.6 is 0 Å². The zero-order valence-corrected chi connectivity index (χ0v) is 16.0. The number of carbonyl (C=O) groups is 2. The second kappa shape index (κ2) is 8.96. The lowest BCUT2D eigenvalue weighted by molar-refractivity contribution is -0.140. The Labute approximate surface area is 158 Å². The van der Waals surface area contributed by atoms with Crippen molar-refractivity contribution < 1.29 is 14.3 Å². The van der Waals surface area contributed by atoms with Crippen molar-refractivity contribution in [2.75, 3.05) is 46.4 Å². The normalized spacial score (nSPS) is 15.0. The van der Waals surface area contributed by atoms with Gasteiger partial charge in [0.2, 0.25) is 0 Å². The van der Waals surface area contributed by atoms with Crippen molar-refractivity contribution in [3.05, 3.63) is 29.6 Å². The summed E-state index contributed by atoms with van der Waals surface area (Å²) >= 11 is 0. The number of esters is 1. The Balaban J connectivity index is 1.64. The van der Waals surface area contributed by atoms with Crippen LogP contribution in [0.1, 0.15) is 22.6 Å². The molecule has 0 unspecified atom stereocenters. The second-order valence-corrected chi connectivity index (χ2v) is 6.71. The van der Waals surface area contributed by atoms with Crippen LogP contribution in [0.15, 0.2) is 18.2 Å². The summed E-state index contributed by atoms with van der Waals surface area (Å²) in [6.07, 6.45) is 1.04. The quantitative estimate of drug-likeness (QED) is 0.680. The number of hydrogen-bond donors (Lipinski definition) is 2. The van der Waals surface area contributed by atoms with E-state index >= 15 is 0 Å². The zero-order chi connectivity index (χ0) is 19.2. The van der Waals surface area contributed by atoms with Crippen molar-refractivity contribution in [3.8, 4) is 0 Å². The lowest BCUT2D eigenvalue weighted by Crippen LogP contribution is -2.44. The first-order chi connectivity index (χ1) is 13.1. The standard InChI is InChI=1S/C19H27N5O3/c1-23-16-4-3-14(19(26)21-7-5-18(25)27-2)13-15(16)22-17(23)6-10-24-11-8-20-9-12-24/h3-4,13,20H,5-12H2,1-2H3,(H,21,26). The molecule has 2 heterocycles. The monoisotopic (exact) mass is 373 g/mol. The Morgan fingerprint density at radius 3 is 2.81 bits per heavy atom. The van der Waals surface area contributed by atoms with E-state index in [1.807, 2.05) is 13.1 Å². The highest BCUT2D eigenvalue weighted by molar-refractivity contribution is 5.97. The second-order valence-electron chi connectivity index (χ2n) is 6.71. The van der Waals surface area contributed by atoms with Crippen LogP contribution in [0.4, 0.5) is 0 Å². The van der Waals surface area contributed by atoms with Gasteiger partial charge in [0.05, 0.1) is 24.6 Å². The molecule has 0 atom stereocenters. The van der Waals surface area contributed by atoms with Gasteiger partial charge in [-0.25, -0.2) is 4.98 Å². The molecule has 3 rings (SSSR count). The number of methoxy groups -OCH3 is 1. The molecule has 0 spiro atoms. The van der Waals surface area contributed by atoms with Gasteiger partial charge in [-0.2, -0.15) is 0 Å². The molecule has 1 aromatic heterocycles. The third-order valence-electron chi connectivity index (χ3n) is 4.94. The summed E-state index contributed by atoms with van der Waals surface area (Å²) < 4.78 is 6.66. The molecule has 146 valence electrons. The van der Waals surface area contributed by atoms with E-state index in [-0.39, 0.29) is 24.8 Å². The third kappa shape index (κ3) is 4.84. The molecule has 0 saturated carbocycles. The molecule has 2 aromatic rings. The van der Waals surface area contributed by atoms with E-state index in [9.17, 15) is 9.59 Å². The first-order valence-electron chi connectivity index (χ1n) is 9.32. The van der Waals surface area contributed by atoms with Gasteiger partial charge in [-0.15, -0.1) is 0 Å². The average molecular weight is 373 g/mol. The molecule has 1 aliphatic heterocycles. The van der Waals surface area contributed by atoms with Crippen LogP contribution in [0.3, 0.4) is 0 Å². The fraction of sp³-hybridized carbons (Fsp3) is 0.526. The first kappa shape index (κ1) is 19.3. The smallest absolute Gasteiger partial charge is 0.307 e. The van der Waals surface area contributed by atoms with E-state index in [0.29, 0.717) is 5.56 Å². The number of carbonyl (C=O) groups excluding carboxylic acids is 2. The van der Waals surface area contributed by atoms with Gasteiger partial charge < -0.3 is 24.8 Å². The van der Waals surface area contributed by atoms with Crippen LogP contribution in [0.5, 0.6) is 0 Å². The molecule has 0 radical (unpaired) electrons. The van der Waals surface area contributed by atoms with Gasteiger partial charge in [-0.05, 0) is 18.2 Å². The topological polar surface area (TPSA) is 88.5 Å². The molecular formula is C19H27N5O3. The number of benzene rings is 1. The fourth-order valence-corrected chi connectivity index (χ4v) is 3.29. The molecule has 1 fully saturated rings. The lowest BCUT2D eigenvalue weighted by Gasteiger charge is -2.26. The number of rotatable bonds is 7. The van der Waals surface area contributed by atoms with Crippen molar-refractivity contribution in [1.82, 2.24) is 25.1 Å². The van der Waals surface area contributed by atoms with Crippen LogP contribution in [0.2, 0.25) is 0 Å².